The second kappa shape index (κ2) is 10.0. The van der Waals surface area contributed by atoms with Crippen molar-refractivity contribution in [2.24, 2.45) is 0 Å². The maximum Gasteiger partial charge on any atom is 0.231 e. The molecule has 8 nitrogen and oxygen atoms in total. The maximum atomic E-state index is 11.4. The van der Waals surface area contributed by atoms with Crippen LogP contribution >= 0.6 is 23.2 Å². The lowest BCUT2D eigenvalue weighted by atomic mass is 10.1. The van der Waals surface area contributed by atoms with Gasteiger partial charge in [-0.1, -0.05) is 23.2 Å². The Kier molecular flexibility index (Phi) is 6.92. The Bertz CT molecular complexity index is 1090. The molecular weight excluding hydrogens is 451 g/mol. The van der Waals surface area contributed by atoms with Crippen molar-refractivity contribution in [2.75, 3.05) is 28.6 Å². The van der Waals surface area contributed by atoms with E-state index in [1.807, 2.05) is 24.3 Å². The minimum atomic E-state index is -0.199. The second-order valence-electron chi connectivity index (χ2n) is 7.37. The summed E-state index contributed by atoms with van der Waals surface area (Å²) in [4.78, 5) is 26.5. The molecule has 0 saturated carbocycles. The molecule has 1 aliphatic heterocycles. The predicted molar refractivity (Wildman–Crippen MR) is 126 cm³/mol. The number of nitrogens with zero attached hydrogens (tertiary/aromatic N) is 4. The van der Waals surface area contributed by atoms with E-state index in [1.165, 1.54) is 13.3 Å². The van der Waals surface area contributed by atoms with Gasteiger partial charge in [0, 0.05) is 43.6 Å². The quantitative estimate of drug-likeness (QED) is 0.525. The normalized spacial score (nSPS) is 14.2. The highest BCUT2D eigenvalue weighted by Crippen LogP contribution is 2.27. The number of rotatable bonds is 6. The van der Waals surface area contributed by atoms with Gasteiger partial charge < -0.3 is 20.3 Å². The molecule has 0 aliphatic carbocycles. The first-order valence-corrected chi connectivity index (χ1v) is 10.9. The zero-order valence-corrected chi connectivity index (χ0v) is 18.9. The first-order valence-electron chi connectivity index (χ1n) is 10.2. The first-order chi connectivity index (χ1) is 15.5. The van der Waals surface area contributed by atoms with Gasteiger partial charge in [-0.15, -0.1) is 0 Å². The molecule has 1 aliphatic rings. The molecule has 0 spiro atoms. The molecule has 2 aromatic carbocycles. The summed E-state index contributed by atoms with van der Waals surface area (Å²) in [5.41, 5.74) is 1.21. The summed E-state index contributed by atoms with van der Waals surface area (Å²) < 4.78 is 6.05. The monoisotopic (exact) mass is 472 g/mol. The summed E-state index contributed by atoms with van der Waals surface area (Å²) in [5, 5.41) is 6.97. The van der Waals surface area contributed by atoms with E-state index < -0.39 is 0 Å². The highest BCUT2D eigenvalue weighted by molar-refractivity contribution is 6.33. The Labute approximate surface area is 195 Å². The van der Waals surface area contributed by atoms with Crippen molar-refractivity contribution in [1.29, 1.82) is 0 Å². The van der Waals surface area contributed by atoms with E-state index in [9.17, 15) is 4.79 Å². The van der Waals surface area contributed by atoms with Crippen LogP contribution in [-0.4, -0.2) is 40.1 Å². The van der Waals surface area contributed by atoms with Crippen molar-refractivity contribution in [1.82, 2.24) is 15.0 Å². The fraction of sp³-hybridized carbons (Fsp3) is 0.273. The number of anilines is 4. The number of nitrogens with one attached hydrogen (secondary N) is 2. The van der Waals surface area contributed by atoms with E-state index in [2.05, 4.69) is 30.5 Å². The first kappa shape index (κ1) is 22.1. The number of carbonyl (C=O) groups excluding carboxylic acids is 1. The Balaban J connectivity index is 1.37. The number of benzene rings is 2. The number of halogens is 2. The molecule has 0 radical (unpaired) electrons. The van der Waals surface area contributed by atoms with Crippen LogP contribution in [0, 0.1) is 0 Å². The van der Waals surface area contributed by atoms with Gasteiger partial charge in [0.2, 0.25) is 17.8 Å². The fourth-order valence-corrected chi connectivity index (χ4v) is 3.69. The third kappa shape index (κ3) is 5.77. The molecule has 10 heteroatoms. The van der Waals surface area contributed by atoms with Gasteiger partial charge in [-0.25, -0.2) is 9.97 Å². The lowest BCUT2D eigenvalue weighted by Gasteiger charge is -2.32. The van der Waals surface area contributed by atoms with Crippen LogP contribution in [0.1, 0.15) is 19.8 Å². The average molecular weight is 473 g/mol. The SMILES string of the molecule is CC(=O)Nc1cc(Nc2ncnc(N3CCC(Oc4ccc(Cl)cc4)CC3)n2)ccc1Cl. The van der Waals surface area contributed by atoms with Crippen LogP contribution in [0.4, 0.5) is 23.3 Å². The minimum absolute atomic E-state index is 0.133. The molecule has 1 fully saturated rings. The number of amides is 1. The van der Waals surface area contributed by atoms with Crippen molar-refractivity contribution in [3.8, 4) is 5.75 Å². The number of aromatic nitrogens is 3. The third-order valence-electron chi connectivity index (χ3n) is 4.93. The molecule has 3 aromatic rings. The summed E-state index contributed by atoms with van der Waals surface area (Å²) >= 11 is 12.1. The smallest absolute Gasteiger partial charge is 0.231 e. The second-order valence-corrected chi connectivity index (χ2v) is 8.21. The molecule has 1 aromatic heterocycles. The summed E-state index contributed by atoms with van der Waals surface area (Å²) in [6.45, 7) is 2.98. The molecule has 2 N–H and O–H groups in total. The van der Waals surface area contributed by atoms with E-state index in [-0.39, 0.29) is 12.0 Å². The standard InChI is InChI=1S/C22H22Cl2N6O2/c1-14(31)27-20-12-16(4-7-19(20)24)28-21-25-13-26-22(29-21)30-10-8-18(9-11-30)32-17-5-2-15(23)3-6-17/h2-7,12-13,18H,8-11H2,1H3,(H,27,31)(H,25,26,28,29). The van der Waals surface area contributed by atoms with Crippen molar-refractivity contribution in [3.05, 3.63) is 58.8 Å². The molecule has 2 heterocycles. The van der Waals surface area contributed by atoms with Gasteiger partial charge in [-0.2, -0.15) is 4.98 Å². The Morgan fingerprint density at radius 3 is 2.56 bits per heavy atom. The van der Waals surface area contributed by atoms with Gasteiger partial charge in [0.1, 0.15) is 18.2 Å². The summed E-state index contributed by atoms with van der Waals surface area (Å²) in [6.07, 6.45) is 3.32. The zero-order valence-electron chi connectivity index (χ0n) is 17.4. The number of carbonyl (C=O) groups is 1. The van der Waals surface area contributed by atoms with Crippen LogP contribution in [0.25, 0.3) is 0 Å². The minimum Gasteiger partial charge on any atom is -0.490 e. The van der Waals surface area contributed by atoms with Crippen LogP contribution in [0.5, 0.6) is 5.75 Å². The number of piperidine rings is 1. The average Bonchev–Trinajstić information content (AvgIpc) is 2.78. The van der Waals surface area contributed by atoms with E-state index in [0.29, 0.717) is 33.3 Å². The topological polar surface area (TPSA) is 92.3 Å². The summed E-state index contributed by atoms with van der Waals surface area (Å²) in [7, 11) is 0. The van der Waals surface area contributed by atoms with Crippen molar-refractivity contribution >= 4 is 52.4 Å². The number of hydrogen-bond acceptors (Lipinski definition) is 7. The largest absolute Gasteiger partial charge is 0.490 e. The Morgan fingerprint density at radius 2 is 1.84 bits per heavy atom. The molecule has 32 heavy (non-hydrogen) atoms. The summed E-state index contributed by atoms with van der Waals surface area (Å²) in [6, 6.07) is 12.6. The van der Waals surface area contributed by atoms with Crippen LogP contribution in [0.2, 0.25) is 10.0 Å². The molecule has 0 unspecified atom stereocenters. The van der Waals surface area contributed by atoms with Gasteiger partial charge in [-0.05, 0) is 42.5 Å². The third-order valence-corrected chi connectivity index (χ3v) is 5.52. The van der Waals surface area contributed by atoms with Gasteiger partial charge in [0.15, 0.2) is 0 Å². The highest BCUT2D eigenvalue weighted by Gasteiger charge is 2.22. The highest BCUT2D eigenvalue weighted by atomic mass is 35.5. The predicted octanol–water partition coefficient (Wildman–Crippen LogP) is 4.93. The van der Waals surface area contributed by atoms with Crippen LogP contribution < -0.4 is 20.3 Å². The lowest BCUT2D eigenvalue weighted by molar-refractivity contribution is -0.114. The van der Waals surface area contributed by atoms with E-state index >= 15 is 0 Å². The van der Waals surface area contributed by atoms with Gasteiger partial charge in [-0.3, -0.25) is 4.79 Å². The fourth-order valence-electron chi connectivity index (χ4n) is 3.40. The number of ether oxygens (including phenoxy) is 1. The van der Waals surface area contributed by atoms with Crippen LogP contribution in [0.15, 0.2) is 48.8 Å². The zero-order chi connectivity index (χ0) is 22.5. The van der Waals surface area contributed by atoms with Crippen LogP contribution in [-0.2, 0) is 4.79 Å². The molecule has 1 saturated heterocycles. The number of hydrogen-bond donors (Lipinski definition) is 2. The van der Waals surface area contributed by atoms with E-state index in [1.54, 1.807) is 18.2 Å². The Hall–Kier alpha value is -3.10. The summed E-state index contributed by atoms with van der Waals surface area (Å²) in [5.74, 6) is 1.63. The maximum absolute atomic E-state index is 11.4. The lowest BCUT2D eigenvalue weighted by Crippen LogP contribution is -2.39. The van der Waals surface area contributed by atoms with Gasteiger partial charge >= 0.3 is 0 Å². The molecule has 1 amide bonds. The Morgan fingerprint density at radius 1 is 1.09 bits per heavy atom. The van der Waals surface area contributed by atoms with Gasteiger partial charge in [0.05, 0.1) is 10.7 Å². The van der Waals surface area contributed by atoms with Crippen molar-refractivity contribution < 1.29 is 9.53 Å². The van der Waals surface area contributed by atoms with Crippen LogP contribution in [0.3, 0.4) is 0 Å². The van der Waals surface area contributed by atoms with E-state index in [0.717, 1.165) is 31.7 Å². The molecule has 166 valence electrons. The molecule has 0 bridgehead atoms. The van der Waals surface area contributed by atoms with Crippen molar-refractivity contribution in [2.45, 2.75) is 25.9 Å². The van der Waals surface area contributed by atoms with E-state index in [4.69, 9.17) is 27.9 Å². The molecule has 4 rings (SSSR count). The molecule has 0 atom stereocenters. The van der Waals surface area contributed by atoms with Gasteiger partial charge in [0.25, 0.3) is 0 Å². The molecular formula is C22H22Cl2N6O2. The van der Waals surface area contributed by atoms with Crippen molar-refractivity contribution in [3.63, 3.8) is 0 Å².